The lowest BCUT2D eigenvalue weighted by molar-refractivity contribution is 0.289. The van der Waals surface area contributed by atoms with Crippen molar-refractivity contribution in [2.45, 2.75) is 51.5 Å². The van der Waals surface area contributed by atoms with Crippen LogP contribution in [-0.4, -0.2) is 12.6 Å². The molecule has 18 heavy (non-hydrogen) atoms. The summed E-state index contributed by atoms with van der Waals surface area (Å²) < 4.78 is 13.0. The van der Waals surface area contributed by atoms with Gasteiger partial charge in [0.25, 0.3) is 0 Å². The minimum absolute atomic E-state index is 0.133. The van der Waals surface area contributed by atoms with Crippen LogP contribution >= 0.6 is 0 Å². The second-order valence-corrected chi connectivity index (χ2v) is 5.77. The Morgan fingerprint density at radius 3 is 2.50 bits per heavy atom. The van der Waals surface area contributed by atoms with Gasteiger partial charge in [0.15, 0.2) is 0 Å². The Kier molecular flexibility index (Phi) is 4.76. The maximum absolute atomic E-state index is 13.0. The van der Waals surface area contributed by atoms with E-state index in [0.717, 1.165) is 6.54 Å². The van der Waals surface area contributed by atoms with Crippen LogP contribution in [0.3, 0.4) is 0 Å². The van der Waals surface area contributed by atoms with Crippen molar-refractivity contribution < 1.29 is 4.39 Å². The number of halogens is 1. The van der Waals surface area contributed by atoms with Crippen molar-refractivity contribution in [3.8, 4) is 0 Å². The van der Waals surface area contributed by atoms with E-state index in [0.29, 0.717) is 17.9 Å². The molecule has 100 valence electrons. The molecular weight excluding hydrogens is 225 g/mol. The van der Waals surface area contributed by atoms with Crippen LogP contribution in [0.2, 0.25) is 0 Å². The van der Waals surface area contributed by atoms with E-state index in [-0.39, 0.29) is 5.82 Å². The molecule has 2 rings (SSSR count). The van der Waals surface area contributed by atoms with Gasteiger partial charge in [-0.1, -0.05) is 38.8 Å². The molecule has 0 radical (unpaired) electrons. The Balaban J connectivity index is 2.05. The molecule has 0 aliphatic heterocycles. The number of nitrogens with one attached hydrogen (secondary N) is 1. The van der Waals surface area contributed by atoms with E-state index in [9.17, 15) is 4.39 Å². The molecule has 0 aromatic heterocycles. The Bertz CT molecular complexity index is 358. The molecule has 0 bridgehead atoms. The van der Waals surface area contributed by atoms with E-state index < -0.39 is 0 Å². The van der Waals surface area contributed by atoms with Gasteiger partial charge >= 0.3 is 0 Å². The molecule has 2 unspecified atom stereocenters. The van der Waals surface area contributed by atoms with Crippen LogP contribution in [0, 0.1) is 11.7 Å². The molecule has 1 aromatic rings. The third-order valence-electron chi connectivity index (χ3n) is 4.00. The summed E-state index contributed by atoms with van der Waals surface area (Å²) in [6.45, 7) is 5.46. The third kappa shape index (κ3) is 3.55. The molecule has 0 spiro atoms. The van der Waals surface area contributed by atoms with Crippen molar-refractivity contribution in [2.24, 2.45) is 5.92 Å². The van der Waals surface area contributed by atoms with Crippen LogP contribution in [0.5, 0.6) is 0 Å². The zero-order valence-electron chi connectivity index (χ0n) is 11.5. The number of hydrogen-bond acceptors (Lipinski definition) is 1. The Morgan fingerprint density at radius 1 is 1.17 bits per heavy atom. The zero-order chi connectivity index (χ0) is 13.0. The molecule has 1 nitrogen and oxygen atoms in total. The fraction of sp³-hybridized carbons (Fsp3) is 0.625. The van der Waals surface area contributed by atoms with Crippen LogP contribution in [0.1, 0.15) is 51.0 Å². The van der Waals surface area contributed by atoms with Gasteiger partial charge in [0.2, 0.25) is 0 Å². The average Bonchev–Trinajstić information content (AvgIpc) is 2.38. The third-order valence-corrected chi connectivity index (χ3v) is 4.00. The highest BCUT2D eigenvalue weighted by atomic mass is 19.1. The maximum Gasteiger partial charge on any atom is 0.123 e. The molecule has 1 aliphatic rings. The summed E-state index contributed by atoms with van der Waals surface area (Å²) in [6.07, 6.45) is 5.18. The topological polar surface area (TPSA) is 12.0 Å². The number of benzene rings is 1. The molecule has 0 heterocycles. The predicted octanol–water partition coefficient (Wildman–Crippen LogP) is 4.10. The van der Waals surface area contributed by atoms with Crippen molar-refractivity contribution in [2.75, 3.05) is 6.54 Å². The molecule has 2 atom stereocenters. The van der Waals surface area contributed by atoms with Gasteiger partial charge in [-0.3, -0.25) is 0 Å². The van der Waals surface area contributed by atoms with Crippen LogP contribution in [0.4, 0.5) is 4.39 Å². The van der Waals surface area contributed by atoms with Gasteiger partial charge in [0.05, 0.1) is 0 Å². The number of hydrogen-bond donors (Lipinski definition) is 1. The van der Waals surface area contributed by atoms with Gasteiger partial charge in [-0.05, 0) is 48.9 Å². The first kappa shape index (κ1) is 13.5. The monoisotopic (exact) mass is 249 g/mol. The van der Waals surface area contributed by atoms with E-state index >= 15 is 0 Å². The average molecular weight is 249 g/mol. The number of rotatable bonds is 4. The fourth-order valence-electron chi connectivity index (χ4n) is 2.99. The van der Waals surface area contributed by atoms with Crippen LogP contribution in [0.25, 0.3) is 0 Å². The highest BCUT2D eigenvalue weighted by Crippen LogP contribution is 2.37. The molecule has 1 aliphatic carbocycles. The summed E-state index contributed by atoms with van der Waals surface area (Å²) in [7, 11) is 0. The normalized spacial score (nSPS) is 24.4. The van der Waals surface area contributed by atoms with Crippen LogP contribution in [0.15, 0.2) is 24.3 Å². The molecule has 1 N–H and O–H groups in total. The highest BCUT2D eigenvalue weighted by molar-refractivity contribution is 5.22. The Morgan fingerprint density at radius 2 is 1.83 bits per heavy atom. The summed E-state index contributed by atoms with van der Waals surface area (Å²) in [5.41, 5.74) is 1.31. The van der Waals surface area contributed by atoms with Gasteiger partial charge in [-0.25, -0.2) is 4.39 Å². The summed E-state index contributed by atoms with van der Waals surface area (Å²) >= 11 is 0. The van der Waals surface area contributed by atoms with Crippen molar-refractivity contribution in [3.63, 3.8) is 0 Å². The first-order valence-corrected chi connectivity index (χ1v) is 7.15. The van der Waals surface area contributed by atoms with Crippen molar-refractivity contribution in [1.29, 1.82) is 0 Å². The minimum Gasteiger partial charge on any atom is -0.314 e. The van der Waals surface area contributed by atoms with Gasteiger partial charge in [0, 0.05) is 6.04 Å². The molecule has 0 saturated heterocycles. The largest absolute Gasteiger partial charge is 0.314 e. The predicted molar refractivity (Wildman–Crippen MR) is 74.2 cm³/mol. The van der Waals surface area contributed by atoms with Gasteiger partial charge < -0.3 is 5.32 Å². The molecule has 0 amide bonds. The molecule has 1 saturated carbocycles. The summed E-state index contributed by atoms with van der Waals surface area (Å²) in [5, 5.41) is 3.55. The van der Waals surface area contributed by atoms with Crippen LogP contribution in [-0.2, 0) is 0 Å². The Labute approximate surface area is 110 Å². The van der Waals surface area contributed by atoms with Gasteiger partial charge in [-0.2, -0.15) is 0 Å². The Hall–Kier alpha value is -0.890. The van der Waals surface area contributed by atoms with E-state index in [1.54, 1.807) is 12.1 Å². The summed E-state index contributed by atoms with van der Waals surface area (Å²) in [5.74, 6) is 1.17. The van der Waals surface area contributed by atoms with E-state index in [1.165, 1.54) is 31.2 Å². The summed E-state index contributed by atoms with van der Waals surface area (Å²) in [6, 6.07) is 7.66. The minimum atomic E-state index is -0.133. The van der Waals surface area contributed by atoms with Crippen molar-refractivity contribution >= 4 is 0 Å². The molecule has 1 aromatic carbocycles. The molecule has 1 fully saturated rings. The lowest BCUT2D eigenvalue weighted by Gasteiger charge is -2.32. The van der Waals surface area contributed by atoms with E-state index in [1.807, 2.05) is 12.1 Å². The van der Waals surface area contributed by atoms with Gasteiger partial charge in [0.1, 0.15) is 5.82 Å². The molecular formula is C16H24FN. The quantitative estimate of drug-likeness (QED) is 0.847. The smallest absolute Gasteiger partial charge is 0.123 e. The van der Waals surface area contributed by atoms with Crippen molar-refractivity contribution in [1.82, 2.24) is 5.32 Å². The first-order chi connectivity index (χ1) is 8.66. The highest BCUT2D eigenvalue weighted by Gasteiger charge is 2.26. The maximum atomic E-state index is 13.0. The van der Waals surface area contributed by atoms with Gasteiger partial charge in [-0.15, -0.1) is 0 Å². The summed E-state index contributed by atoms with van der Waals surface area (Å²) in [4.78, 5) is 0. The fourth-order valence-corrected chi connectivity index (χ4v) is 2.99. The van der Waals surface area contributed by atoms with Crippen LogP contribution < -0.4 is 5.32 Å². The molecule has 2 heteroatoms. The first-order valence-electron chi connectivity index (χ1n) is 7.15. The second-order valence-electron chi connectivity index (χ2n) is 5.77. The van der Waals surface area contributed by atoms with E-state index in [4.69, 9.17) is 0 Å². The SMILES string of the molecule is CC(C)NCC1CCCCC1c1ccc(F)cc1. The lowest BCUT2D eigenvalue weighted by Crippen LogP contribution is -2.33. The zero-order valence-corrected chi connectivity index (χ0v) is 11.5. The standard InChI is InChI=1S/C16H24FN/c1-12(2)18-11-14-5-3-4-6-16(14)13-7-9-15(17)10-8-13/h7-10,12,14,16,18H,3-6,11H2,1-2H3. The van der Waals surface area contributed by atoms with E-state index in [2.05, 4.69) is 19.2 Å². The second kappa shape index (κ2) is 6.33. The lowest BCUT2D eigenvalue weighted by atomic mass is 9.75. The van der Waals surface area contributed by atoms with Crippen molar-refractivity contribution in [3.05, 3.63) is 35.6 Å².